The molecule has 1 amide bonds. The summed E-state index contributed by atoms with van der Waals surface area (Å²) in [7, 11) is 2.01. The third kappa shape index (κ3) is 3.53. The molecule has 0 aromatic heterocycles. The molecule has 20 heavy (non-hydrogen) atoms. The smallest absolute Gasteiger partial charge is 0.411 e. The van der Waals surface area contributed by atoms with Crippen molar-refractivity contribution in [1.82, 2.24) is 0 Å². The number of carboxylic acid groups (broad SMARTS) is 1. The van der Waals surface area contributed by atoms with Gasteiger partial charge in [0.15, 0.2) is 0 Å². The van der Waals surface area contributed by atoms with Crippen LogP contribution in [0.15, 0.2) is 24.8 Å². The summed E-state index contributed by atoms with van der Waals surface area (Å²) in [6, 6.07) is 3.87. The third-order valence-electron chi connectivity index (χ3n) is 3.25. The van der Waals surface area contributed by atoms with Gasteiger partial charge in [0.1, 0.15) is 0 Å². The molecule has 110 valence electrons. The van der Waals surface area contributed by atoms with Crippen LogP contribution in [0, 0.1) is 13.8 Å². The molecular formula is C16H24N2O2. The molecule has 0 atom stereocenters. The molecule has 0 aliphatic carbocycles. The van der Waals surface area contributed by atoms with Gasteiger partial charge < -0.3 is 10.0 Å². The summed E-state index contributed by atoms with van der Waals surface area (Å²) in [5.41, 5.74) is 4.03. The maximum absolute atomic E-state index is 11.3. The number of aryl methyl sites for hydroxylation is 2. The van der Waals surface area contributed by atoms with Crippen molar-refractivity contribution in [2.75, 3.05) is 29.9 Å². The zero-order chi connectivity index (χ0) is 15.3. The lowest BCUT2D eigenvalue weighted by Crippen LogP contribution is -2.30. The summed E-state index contributed by atoms with van der Waals surface area (Å²) >= 11 is 0. The van der Waals surface area contributed by atoms with E-state index in [0.717, 1.165) is 35.5 Å². The van der Waals surface area contributed by atoms with Crippen LogP contribution < -0.4 is 9.80 Å². The SMILES string of the molecule is C=CCN(C)c1c(C)cc(N(CCC)C(=O)O)cc1C. The zero-order valence-corrected chi connectivity index (χ0v) is 12.8. The first-order chi connectivity index (χ1) is 9.42. The number of rotatable bonds is 6. The van der Waals surface area contributed by atoms with E-state index in [-0.39, 0.29) is 0 Å². The number of carbonyl (C=O) groups is 1. The molecule has 1 aromatic carbocycles. The van der Waals surface area contributed by atoms with E-state index in [1.807, 2.05) is 46.0 Å². The van der Waals surface area contributed by atoms with E-state index >= 15 is 0 Å². The fraction of sp³-hybridized carbons (Fsp3) is 0.438. The lowest BCUT2D eigenvalue weighted by Gasteiger charge is -2.25. The van der Waals surface area contributed by atoms with Crippen LogP contribution in [0.25, 0.3) is 0 Å². The Labute approximate surface area is 121 Å². The molecule has 1 N–H and O–H groups in total. The Morgan fingerprint density at radius 1 is 1.35 bits per heavy atom. The largest absolute Gasteiger partial charge is 0.465 e. The summed E-state index contributed by atoms with van der Waals surface area (Å²) in [6.45, 7) is 11.0. The number of amides is 1. The summed E-state index contributed by atoms with van der Waals surface area (Å²) < 4.78 is 0. The highest BCUT2D eigenvalue weighted by Gasteiger charge is 2.16. The first-order valence-electron chi connectivity index (χ1n) is 6.86. The molecule has 1 rings (SSSR count). The molecule has 0 radical (unpaired) electrons. The van der Waals surface area contributed by atoms with Crippen LogP contribution in [0.2, 0.25) is 0 Å². The van der Waals surface area contributed by atoms with Crippen molar-refractivity contribution in [2.45, 2.75) is 27.2 Å². The fourth-order valence-corrected chi connectivity index (χ4v) is 2.53. The molecule has 0 aliphatic rings. The summed E-state index contributed by atoms with van der Waals surface area (Å²) in [5, 5.41) is 9.30. The maximum atomic E-state index is 11.3. The van der Waals surface area contributed by atoms with Gasteiger partial charge in [-0.3, -0.25) is 4.90 Å². The van der Waals surface area contributed by atoms with E-state index in [4.69, 9.17) is 0 Å². The Balaban J connectivity index is 3.21. The van der Waals surface area contributed by atoms with E-state index in [1.54, 1.807) is 0 Å². The fourth-order valence-electron chi connectivity index (χ4n) is 2.53. The van der Waals surface area contributed by atoms with Crippen molar-refractivity contribution in [3.05, 3.63) is 35.9 Å². The van der Waals surface area contributed by atoms with Gasteiger partial charge in [-0.25, -0.2) is 4.79 Å². The average molecular weight is 276 g/mol. The van der Waals surface area contributed by atoms with E-state index < -0.39 is 6.09 Å². The molecule has 0 saturated carbocycles. The van der Waals surface area contributed by atoms with Gasteiger partial charge in [0.05, 0.1) is 0 Å². The number of anilines is 2. The molecule has 0 unspecified atom stereocenters. The van der Waals surface area contributed by atoms with Gasteiger partial charge in [-0.05, 0) is 43.5 Å². The Morgan fingerprint density at radius 3 is 2.30 bits per heavy atom. The van der Waals surface area contributed by atoms with Gasteiger partial charge in [-0.15, -0.1) is 6.58 Å². The Bertz CT molecular complexity index is 474. The van der Waals surface area contributed by atoms with Crippen molar-refractivity contribution in [1.29, 1.82) is 0 Å². The van der Waals surface area contributed by atoms with Gasteiger partial charge in [0.25, 0.3) is 0 Å². The molecule has 0 saturated heterocycles. The Morgan fingerprint density at radius 2 is 1.90 bits per heavy atom. The van der Waals surface area contributed by atoms with Crippen molar-refractivity contribution >= 4 is 17.5 Å². The number of nitrogens with zero attached hydrogens (tertiary/aromatic N) is 2. The van der Waals surface area contributed by atoms with Crippen LogP contribution in [0.4, 0.5) is 16.2 Å². The second-order valence-electron chi connectivity index (χ2n) is 5.03. The number of likely N-dealkylation sites (N-methyl/N-ethyl adjacent to an activating group) is 1. The van der Waals surface area contributed by atoms with Crippen molar-refractivity contribution < 1.29 is 9.90 Å². The lowest BCUT2D eigenvalue weighted by atomic mass is 10.1. The minimum Gasteiger partial charge on any atom is -0.465 e. The standard InChI is InChI=1S/C16H24N2O2/c1-6-8-17(5)15-12(3)10-14(11-13(15)4)18(9-7-2)16(19)20/h6,10-11H,1,7-9H2,2-5H3,(H,19,20). The molecule has 0 heterocycles. The normalized spacial score (nSPS) is 10.2. The first-order valence-corrected chi connectivity index (χ1v) is 6.86. The molecule has 0 aliphatic heterocycles. The minimum atomic E-state index is -0.905. The van der Waals surface area contributed by atoms with Crippen molar-refractivity contribution in [3.63, 3.8) is 0 Å². The van der Waals surface area contributed by atoms with Crippen molar-refractivity contribution in [3.8, 4) is 0 Å². The number of hydrogen-bond acceptors (Lipinski definition) is 2. The second kappa shape index (κ2) is 6.98. The molecule has 4 heteroatoms. The average Bonchev–Trinajstić information content (AvgIpc) is 2.34. The van der Waals surface area contributed by atoms with Gasteiger partial charge in [0, 0.05) is 31.5 Å². The van der Waals surface area contributed by atoms with Crippen LogP contribution in [0.1, 0.15) is 24.5 Å². The van der Waals surface area contributed by atoms with Crippen LogP contribution in [0.3, 0.4) is 0 Å². The monoisotopic (exact) mass is 276 g/mol. The molecule has 0 bridgehead atoms. The Kier molecular flexibility index (Phi) is 5.62. The van der Waals surface area contributed by atoms with Gasteiger partial charge in [-0.2, -0.15) is 0 Å². The summed E-state index contributed by atoms with van der Waals surface area (Å²) in [5.74, 6) is 0. The van der Waals surface area contributed by atoms with Crippen LogP contribution in [0.5, 0.6) is 0 Å². The highest BCUT2D eigenvalue weighted by atomic mass is 16.4. The van der Waals surface area contributed by atoms with Crippen LogP contribution in [-0.2, 0) is 0 Å². The highest BCUT2D eigenvalue weighted by molar-refractivity contribution is 5.87. The minimum absolute atomic E-state index is 0.510. The Hall–Kier alpha value is -1.97. The van der Waals surface area contributed by atoms with Crippen molar-refractivity contribution in [2.24, 2.45) is 0 Å². The predicted octanol–water partition coefficient (Wildman–Crippen LogP) is 3.82. The molecule has 0 spiro atoms. The number of hydrogen-bond donors (Lipinski definition) is 1. The second-order valence-corrected chi connectivity index (χ2v) is 5.03. The van der Waals surface area contributed by atoms with Crippen LogP contribution in [-0.4, -0.2) is 31.3 Å². The van der Waals surface area contributed by atoms with E-state index in [2.05, 4.69) is 11.5 Å². The van der Waals surface area contributed by atoms with Gasteiger partial charge in [0.2, 0.25) is 0 Å². The lowest BCUT2D eigenvalue weighted by molar-refractivity contribution is 0.202. The highest BCUT2D eigenvalue weighted by Crippen LogP contribution is 2.29. The topological polar surface area (TPSA) is 43.8 Å². The summed E-state index contributed by atoms with van der Waals surface area (Å²) in [6.07, 6.45) is 1.74. The van der Waals surface area contributed by atoms with E-state index in [1.165, 1.54) is 4.90 Å². The quantitative estimate of drug-likeness (QED) is 0.803. The van der Waals surface area contributed by atoms with Crippen LogP contribution >= 0.6 is 0 Å². The molecule has 0 fully saturated rings. The molecular weight excluding hydrogens is 252 g/mol. The predicted molar refractivity (Wildman–Crippen MR) is 85.0 cm³/mol. The molecule has 4 nitrogen and oxygen atoms in total. The zero-order valence-electron chi connectivity index (χ0n) is 12.8. The van der Waals surface area contributed by atoms with E-state index in [9.17, 15) is 9.90 Å². The first kappa shape index (κ1) is 16.1. The van der Waals surface area contributed by atoms with E-state index in [0.29, 0.717) is 6.54 Å². The third-order valence-corrected chi connectivity index (χ3v) is 3.25. The van der Waals surface area contributed by atoms with Gasteiger partial charge >= 0.3 is 6.09 Å². The number of benzene rings is 1. The molecule has 1 aromatic rings. The van der Waals surface area contributed by atoms with Gasteiger partial charge in [-0.1, -0.05) is 13.0 Å². The maximum Gasteiger partial charge on any atom is 0.411 e. The summed E-state index contributed by atoms with van der Waals surface area (Å²) in [4.78, 5) is 14.9.